The first kappa shape index (κ1) is 27.1. The fraction of sp³-hybridized carbons (Fsp3) is 0.111. The van der Waals surface area contributed by atoms with Gasteiger partial charge < -0.3 is 20.5 Å². The molecule has 200 valence electrons. The third-order valence-corrected chi connectivity index (χ3v) is 6.83. The number of benzene rings is 3. The Bertz CT molecular complexity index is 1590. The summed E-state index contributed by atoms with van der Waals surface area (Å²) < 4.78 is 33.8. The first-order chi connectivity index (χ1) is 18.7. The number of amides is 1. The van der Waals surface area contributed by atoms with E-state index in [1.54, 1.807) is 66.7 Å². The minimum atomic E-state index is -3.89. The lowest BCUT2D eigenvalue weighted by atomic mass is 10.1. The van der Waals surface area contributed by atoms with Crippen LogP contribution in [-0.2, 0) is 19.6 Å². The number of carboxylic acid groups (broad SMARTS) is 1. The molecule has 1 aromatic heterocycles. The molecule has 11 nitrogen and oxygen atoms in total. The zero-order chi connectivity index (χ0) is 27.8. The predicted molar refractivity (Wildman–Crippen MR) is 146 cm³/mol. The molecule has 0 spiro atoms. The molecule has 0 radical (unpaired) electrons. The average Bonchev–Trinajstić information content (AvgIpc) is 2.93. The number of aromatic nitrogens is 2. The van der Waals surface area contributed by atoms with Gasteiger partial charge in [0.1, 0.15) is 17.9 Å². The number of carboxylic acids is 1. The average molecular weight is 548 g/mol. The van der Waals surface area contributed by atoms with Crippen molar-refractivity contribution >= 4 is 44.8 Å². The topological polar surface area (TPSA) is 160 Å². The molecule has 0 saturated heterocycles. The molecule has 0 atom stereocenters. The third kappa shape index (κ3) is 7.29. The van der Waals surface area contributed by atoms with E-state index in [-0.39, 0.29) is 23.6 Å². The first-order valence-corrected chi connectivity index (χ1v) is 13.2. The molecule has 0 saturated carbocycles. The zero-order valence-corrected chi connectivity index (χ0v) is 21.6. The second-order valence-corrected chi connectivity index (χ2v) is 9.95. The van der Waals surface area contributed by atoms with E-state index in [4.69, 9.17) is 9.84 Å². The summed E-state index contributed by atoms with van der Waals surface area (Å²) in [5.41, 5.74) is 2.70. The normalized spacial score (nSPS) is 10.9. The summed E-state index contributed by atoms with van der Waals surface area (Å²) in [6, 6.07) is 21.6. The summed E-state index contributed by atoms with van der Waals surface area (Å²) in [4.78, 5) is 31.0. The van der Waals surface area contributed by atoms with Gasteiger partial charge in [-0.05, 0) is 42.5 Å². The van der Waals surface area contributed by atoms with Crippen LogP contribution in [-0.4, -0.2) is 42.5 Å². The van der Waals surface area contributed by atoms with E-state index in [9.17, 15) is 18.0 Å². The summed E-state index contributed by atoms with van der Waals surface area (Å²) in [5, 5.41) is 14.4. The molecule has 1 heterocycles. The third-order valence-electron chi connectivity index (χ3n) is 5.47. The van der Waals surface area contributed by atoms with Crippen molar-refractivity contribution in [3.63, 3.8) is 0 Å². The van der Waals surface area contributed by atoms with E-state index in [1.165, 1.54) is 25.6 Å². The molecule has 4 aromatic rings. The summed E-state index contributed by atoms with van der Waals surface area (Å²) in [5.74, 6) is -0.580. The monoisotopic (exact) mass is 547 g/mol. The lowest BCUT2D eigenvalue weighted by Gasteiger charge is -2.13. The molecule has 0 aliphatic heterocycles. The van der Waals surface area contributed by atoms with Gasteiger partial charge >= 0.3 is 5.97 Å². The molecule has 0 aliphatic carbocycles. The summed E-state index contributed by atoms with van der Waals surface area (Å²) in [6.07, 6.45) is 1.02. The minimum Gasteiger partial charge on any atom is -0.495 e. The Morgan fingerprint density at radius 3 is 2.41 bits per heavy atom. The summed E-state index contributed by atoms with van der Waals surface area (Å²) in [6.45, 7) is 0. The highest BCUT2D eigenvalue weighted by Crippen LogP contribution is 2.28. The van der Waals surface area contributed by atoms with Crippen LogP contribution in [0.3, 0.4) is 0 Å². The van der Waals surface area contributed by atoms with E-state index >= 15 is 0 Å². The van der Waals surface area contributed by atoms with Gasteiger partial charge in [0.2, 0.25) is 5.91 Å². The molecule has 1 amide bonds. The van der Waals surface area contributed by atoms with Gasteiger partial charge in [0.15, 0.2) is 0 Å². The number of nitrogens with zero attached hydrogens (tertiary/aromatic N) is 2. The second kappa shape index (κ2) is 12.0. The molecule has 39 heavy (non-hydrogen) atoms. The van der Waals surface area contributed by atoms with Crippen LogP contribution in [0.5, 0.6) is 5.75 Å². The van der Waals surface area contributed by atoms with Crippen molar-refractivity contribution in [2.75, 3.05) is 22.5 Å². The number of anilines is 4. The van der Waals surface area contributed by atoms with Crippen molar-refractivity contribution in [2.24, 2.45) is 0 Å². The number of carbonyl (C=O) groups excluding carboxylic acids is 1. The minimum absolute atomic E-state index is 0.0497. The fourth-order valence-corrected chi connectivity index (χ4v) is 4.69. The molecule has 12 heteroatoms. The maximum atomic E-state index is 13.0. The Balaban J connectivity index is 1.46. The Morgan fingerprint density at radius 1 is 0.897 bits per heavy atom. The lowest BCUT2D eigenvalue weighted by Crippen LogP contribution is -2.13. The summed E-state index contributed by atoms with van der Waals surface area (Å²) >= 11 is 0. The van der Waals surface area contributed by atoms with Gasteiger partial charge in [-0.25, -0.2) is 18.4 Å². The predicted octanol–water partition coefficient (Wildman–Crippen LogP) is 4.50. The number of ether oxygens (including phenoxy) is 1. The van der Waals surface area contributed by atoms with E-state index in [2.05, 4.69) is 25.3 Å². The van der Waals surface area contributed by atoms with Crippen LogP contribution in [0.1, 0.15) is 12.8 Å². The van der Waals surface area contributed by atoms with Crippen molar-refractivity contribution in [1.82, 2.24) is 9.97 Å². The maximum absolute atomic E-state index is 13.0. The van der Waals surface area contributed by atoms with Crippen molar-refractivity contribution < 1.29 is 27.9 Å². The molecular weight excluding hydrogens is 522 g/mol. The maximum Gasteiger partial charge on any atom is 0.303 e. The van der Waals surface area contributed by atoms with Gasteiger partial charge in [-0.3, -0.25) is 14.3 Å². The molecule has 0 bridgehead atoms. The number of hydrogen-bond acceptors (Lipinski definition) is 8. The Hall–Kier alpha value is -4.97. The van der Waals surface area contributed by atoms with Gasteiger partial charge in [0, 0.05) is 29.4 Å². The SMILES string of the molecule is COc1ccccc1NS(=O)(=O)c1cccc(Nc2cc(-c3ccc(NC(=O)CCC(=O)O)cc3)ncn2)c1. The van der Waals surface area contributed by atoms with Gasteiger partial charge in [0.25, 0.3) is 10.0 Å². The quantitative estimate of drug-likeness (QED) is 0.212. The number of sulfonamides is 1. The lowest BCUT2D eigenvalue weighted by molar-refractivity contribution is -0.138. The highest BCUT2D eigenvalue weighted by atomic mass is 32.2. The van der Waals surface area contributed by atoms with Crippen molar-refractivity contribution in [3.8, 4) is 17.0 Å². The van der Waals surface area contributed by atoms with Gasteiger partial charge in [0.05, 0.1) is 29.8 Å². The van der Waals surface area contributed by atoms with Crippen molar-refractivity contribution in [2.45, 2.75) is 17.7 Å². The molecule has 4 rings (SSSR count). The molecule has 4 N–H and O–H groups in total. The molecule has 3 aromatic carbocycles. The van der Waals surface area contributed by atoms with Crippen LogP contribution < -0.4 is 20.1 Å². The van der Waals surface area contributed by atoms with Crippen molar-refractivity contribution in [1.29, 1.82) is 0 Å². The van der Waals surface area contributed by atoms with Gasteiger partial charge in [-0.15, -0.1) is 0 Å². The number of nitrogens with one attached hydrogen (secondary N) is 3. The van der Waals surface area contributed by atoms with Crippen molar-refractivity contribution in [3.05, 3.63) is 85.2 Å². The van der Waals surface area contributed by atoms with Crippen LogP contribution in [0.4, 0.5) is 22.9 Å². The van der Waals surface area contributed by atoms with E-state index in [0.29, 0.717) is 34.3 Å². The first-order valence-electron chi connectivity index (χ1n) is 11.7. The fourth-order valence-electron chi connectivity index (χ4n) is 3.57. The molecule has 0 fully saturated rings. The molecule has 0 aliphatic rings. The summed E-state index contributed by atoms with van der Waals surface area (Å²) in [7, 11) is -2.43. The Morgan fingerprint density at radius 2 is 1.67 bits per heavy atom. The smallest absolute Gasteiger partial charge is 0.303 e. The number of rotatable bonds is 11. The van der Waals surface area contributed by atoms with Gasteiger partial charge in [-0.1, -0.05) is 30.3 Å². The number of hydrogen-bond donors (Lipinski definition) is 4. The Kier molecular flexibility index (Phi) is 8.37. The largest absolute Gasteiger partial charge is 0.495 e. The number of para-hydroxylation sites is 2. The second-order valence-electron chi connectivity index (χ2n) is 8.27. The van der Waals surface area contributed by atoms with Crippen LogP contribution in [0, 0.1) is 0 Å². The molecular formula is C27H25N5O6S. The van der Waals surface area contributed by atoms with Crippen LogP contribution in [0.15, 0.2) is 90.1 Å². The highest BCUT2D eigenvalue weighted by Gasteiger charge is 2.17. The number of carbonyl (C=O) groups is 2. The van der Waals surface area contributed by atoms with Gasteiger partial charge in [-0.2, -0.15) is 0 Å². The Labute approximate surface area is 225 Å². The van der Waals surface area contributed by atoms with Crippen LogP contribution in [0.25, 0.3) is 11.3 Å². The number of aliphatic carboxylic acids is 1. The van der Waals surface area contributed by atoms with E-state index in [1.807, 2.05) is 0 Å². The van der Waals surface area contributed by atoms with E-state index < -0.39 is 16.0 Å². The zero-order valence-electron chi connectivity index (χ0n) is 20.8. The van der Waals surface area contributed by atoms with E-state index in [0.717, 1.165) is 5.56 Å². The standard InChI is InChI=1S/C27H25N5O6S/c1-38-24-8-3-2-7-22(24)32-39(36,37)21-6-4-5-20(15-21)30-25-16-23(28-17-29-25)18-9-11-19(12-10-18)31-26(33)13-14-27(34)35/h2-12,15-17,32H,13-14H2,1H3,(H,31,33)(H,34,35)(H,28,29,30). The molecule has 0 unspecified atom stereocenters. The highest BCUT2D eigenvalue weighted by molar-refractivity contribution is 7.92. The van der Waals surface area contributed by atoms with Crippen LogP contribution in [0.2, 0.25) is 0 Å². The number of methoxy groups -OCH3 is 1. The van der Waals surface area contributed by atoms with Crippen LogP contribution >= 0.6 is 0 Å².